The van der Waals surface area contributed by atoms with Gasteiger partial charge < -0.3 is 14.4 Å². The van der Waals surface area contributed by atoms with Crippen LogP contribution >= 0.6 is 0 Å². The molecule has 0 unspecified atom stereocenters. The lowest BCUT2D eigenvalue weighted by atomic mass is 10.2. The van der Waals surface area contributed by atoms with Gasteiger partial charge in [0.15, 0.2) is 0 Å². The van der Waals surface area contributed by atoms with E-state index >= 15 is 0 Å². The lowest BCUT2D eigenvalue weighted by molar-refractivity contribution is 0.0967. The van der Waals surface area contributed by atoms with Crippen molar-refractivity contribution in [3.8, 4) is 0 Å². The third kappa shape index (κ3) is 16.7. The number of hydrogen-bond donors (Lipinski definition) is 0. The second-order valence-corrected chi connectivity index (χ2v) is 6.95. The van der Waals surface area contributed by atoms with Crippen LogP contribution in [-0.2, 0) is 9.47 Å². The van der Waals surface area contributed by atoms with Gasteiger partial charge in [0.2, 0.25) is 0 Å². The topological polar surface area (TPSA) is 24.9 Å². The molecule has 148 valence electrons. The Kier molecular flexibility index (Phi) is 20.8. The highest BCUT2D eigenvalue weighted by molar-refractivity contribution is 4.62. The first kappa shape index (κ1) is 26.1. The van der Waals surface area contributed by atoms with E-state index in [1.54, 1.807) is 14.2 Å². The van der Waals surface area contributed by atoms with Crippen molar-refractivity contribution in [1.82, 2.24) is 9.80 Å². The molecular formula is C20H46N2O2. The van der Waals surface area contributed by atoms with Gasteiger partial charge in [0.25, 0.3) is 0 Å². The smallest absolute Gasteiger partial charge is 0.0589 e. The largest absolute Gasteiger partial charge is 0.383 e. The summed E-state index contributed by atoms with van der Waals surface area (Å²) in [4.78, 5) is 4.93. The maximum atomic E-state index is 5.02. The summed E-state index contributed by atoms with van der Waals surface area (Å²) in [6, 6.07) is 1.29. The maximum absolute atomic E-state index is 5.02. The summed E-state index contributed by atoms with van der Waals surface area (Å²) < 4.78 is 10.0. The SMILES string of the molecule is CCCCN(CCCC)C(C)C.COCCN(CCOC)C(C)C. The number of methoxy groups -OCH3 is 2. The van der Waals surface area contributed by atoms with Crippen LogP contribution in [0.25, 0.3) is 0 Å². The first-order valence-electron chi connectivity index (χ1n) is 9.90. The van der Waals surface area contributed by atoms with E-state index < -0.39 is 0 Å². The number of unbranched alkanes of at least 4 members (excludes halogenated alkanes) is 2. The van der Waals surface area contributed by atoms with Gasteiger partial charge in [-0.15, -0.1) is 0 Å². The average molecular weight is 347 g/mol. The molecular weight excluding hydrogens is 300 g/mol. The van der Waals surface area contributed by atoms with E-state index in [-0.39, 0.29) is 0 Å². The van der Waals surface area contributed by atoms with E-state index in [1.165, 1.54) is 38.8 Å². The fourth-order valence-corrected chi connectivity index (χ4v) is 2.40. The molecule has 0 aliphatic heterocycles. The van der Waals surface area contributed by atoms with E-state index in [2.05, 4.69) is 51.3 Å². The van der Waals surface area contributed by atoms with Gasteiger partial charge in [-0.25, -0.2) is 0 Å². The Morgan fingerprint density at radius 2 is 0.958 bits per heavy atom. The van der Waals surface area contributed by atoms with Crippen LogP contribution < -0.4 is 0 Å². The van der Waals surface area contributed by atoms with Crippen LogP contribution in [0.3, 0.4) is 0 Å². The number of rotatable bonds is 14. The van der Waals surface area contributed by atoms with Crippen molar-refractivity contribution in [2.75, 3.05) is 53.6 Å². The van der Waals surface area contributed by atoms with Crippen LogP contribution in [0.5, 0.6) is 0 Å². The molecule has 0 saturated carbocycles. The van der Waals surface area contributed by atoms with Gasteiger partial charge in [0.1, 0.15) is 0 Å². The summed E-state index contributed by atoms with van der Waals surface area (Å²) >= 11 is 0. The lowest BCUT2D eigenvalue weighted by Crippen LogP contribution is -2.36. The number of ether oxygens (including phenoxy) is 2. The number of nitrogens with zero attached hydrogens (tertiary/aromatic N) is 2. The molecule has 0 amide bonds. The fraction of sp³-hybridized carbons (Fsp3) is 1.00. The molecule has 0 aromatic heterocycles. The molecule has 0 spiro atoms. The molecule has 0 aromatic rings. The Balaban J connectivity index is 0. The van der Waals surface area contributed by atoms with Gasteiger partial charge in [-0.3, -0.25) is 4.90 Å². The third-order valence-corrected chi connectivity index (χ3v) is 4.22. The second-order valence-electron chi connectivity index (χ2n) is 6.95. The van der Waals surface area contributed by atoms with Gasteiger partial charge in [-0.1, -0.05) is 26.7 Å². The molecule has 0 rings (SSSR count). The summed E-state index contributed by atoms with van der Waals surface area (Å²) in [6.07, 6.45) is 5.33. The van der Waals surface area contributed by atoms with E-state index in [1.807, 2.05) is 0 Å². The predicted molar refractivity (Wildman–Crippen MR) is 107 cm³/mol. The standard InChI is InChI=1S/C11H25N.C9H21NO2/c1-5-7-9-12(11(3)4)10-8-6-2;1-9(2)10(5-7-11-3)6-8-12-4/h11H,5-10H2,1-4H3;9H,5-8H2,1-4H3. The molecule has 0 N–H and O–H groups in total. The van der Waals surface area contributed by atoms with Gasteiger partial charge in [0.05, 0.1) is 13.2 Å². The highest BCUT2D eigenvalue weighted by atomic mass is 16.5. The summed E-state index contributed by atoms with van der Waals surface area (Å²) in [7, 11) is 3.46. The van der Waals surface area contributed by atoms with Gasteiger partial charge in [-0.05, 0) is 53.6 Å². The normalized spacial score (nSPS) is 11.5. The molecule has 0 aromatic carbocycles. The monoisotopic (exact) mass is 346 g/mol. The Hall–Kier alpha value is -0.160. The van der Waals surface area contributed by atoms with E-state index in [0.717, 1.165) is 32.3 Å². The Labute approximate surface area is 152 Å². The summed E-state index contributed by atoms with van der Waals surface area (Å²) in [5, 5.41) is 0. The van der Waals surface area contributed by atoms with E-state index in [0.29, 0.717) is 6.04 Å². The molecule has 0 aliphatic carbocycles. The summed E-state index contributed by atoms with van der Waals surface area (Å²) in [5.74, 6) is 0. The summed E-state index contributed by atoms with van der Waals surface area (Å²) in [5.41, 5.74) is 0. The highest BCUT2D eigenvalue weighted by Gasteiger charge is 2.07. The lowest BCUT2D eigenvalue weighted by Gasteiger charge is -2.25. The predicted octanol–water partition coefficient (Wildman–Crippen LogP) is 4.29. The van der Waals surface area contributed by atoms with Gasteiger partial charge >= 0.3 is 0 Å². The van der Waals surface area contributed by atoms with E-state index in [9.17, 15) is 0 Å². The Morgan fingerprint density at radius 1 is 0.625 bits per heavy atom. The van der Waals surface area contributed by atoms with Gasteiger partial charge in [-0.2, -0.15) is 0 Å². The van der Waals surface area contributed by atoms with Crippen molar-refractivity contribution >= 4 is 0 Å². The summed E-state index contributed by atoms with van der Waals surface area (Å²) in [6.45, 7) is 19.6. The van der Waals surface area contributed by atoms with Crippen molar-refractivity contribution < 1.29 is 9.47 Å². The minimum atomic E-state index is 0.565. The first-order valence-corrected chi connectivity index (χ1v) is 9.90. The first-order chi connectivity index (χ1) is 11.4. The molecule has 4 nitrogen and oxygen atoms in total. The zero-order valence-electron chi connectivity index (χ0n) is 17.9. The Morgan fingerprint density at radius 3 is 1.21 bits per heavy atom. The van der Waals surface area contributed by atoms with Crippen molar-refractivity contribution in [2.24, 2.45) is 0 Å². The number of hydrogen-bond acceptors (Lipinski definition) is 4. The second kappa shape index (κ2) is 19.2. The van der Waals surface area contributed by atoms with Gasteiger partial charge in [0, 0.05) is 39.4 Å². The van der Waals surface area contributed by atoms with Crippen LogP contribution in [0.1, 0.15) is 67.2 Å². The molecule has 0 fully saturated rings. The zero-order chi connectivity index (χ0) is 18.8. The quantitative estimate of drug-likeness (QED) is 0.468. The van der Waals surface area contributed by atoms with Crippen LogP contribution in [0.4, 0.5) is 0 Å². The van der Waals surface area contributed by atoms with Crippen molar-refractivity contribution in [2.45, 2.75) is 79.3 Å². The molecule has 0 radical (unpaired) electrons. The van der Waals surface area contributed by atoms with Crippen molar-refractivity contribution in [3.05, 3.63) is 0 Å². The molecule has 0 saturated heterocycles. The van der Waals surface area contributed by atoms with E-state index in [4.69, 9.17) is 9.47 Å². The highest BCUT2D eigenvalue weighted by Crippen LogP contribution is 2.03. The molecule has 0 aliphatic rings. The minimum absolute atomic E-state index is 0.565. The molecule has 0 atom stereocenters. The Bertz CT molecular complexity index is 196. The minimum Gasteiger partial charge on any atom is -0.383 e. The molecule has 0 heterocycles. The van der Waals surface area contributed by atoms with Crippen LogP contribution in [-0.4, -0.2) is 75.5 Å². The molecule has 24 heavy (non-hydrogen) atoms. The van der Waals surface area contributed by atoms with Crippen LogP contribution in [0.15, 0.2) is 0 Å². The van der Waals surface area contributed by atoms with Crippen LogP contribution in [0.2, 0.25) is 0 Å². The van der Waals surface area contributed by atoms with Crippen molar-refractivity contribution in [3.63, 3.8) is 0 Å². The molecule has 0 bridgehead atoms. The van der Waals surface area contributed by atoms with Crippen molar-refractivity contribution in [1.29, 1.82) is 0 Å². The van der Waals surface area contributed by atoms with Crippen LogP contribution in [0, 0.1) is 0 Å². The maximum Gasteiger partial charge on any atom is 0.0589 e. The fourth-order valence-electron chi connectivity index (χ4n) is 2.40. The molecule has 4 heteroatoms. The average Bonchev–Trinajstić information content (AvgIpc) is 2.55. The third-order valence-electron chi connectivity index (χ3n) is 4.22. The zero-order valence-corrected chi connectivity index (χ0v) is 17.9.